The molecular weight excluding hydrogens is 360 g/mol. The van der Waals surface area contributed by atoms with Gasteiger partial charge in [0.05, 0.1) is 0 Å². The molecule has 0 atom stereocenters. The number of benzene rings is 1. The second-order valence-electron chi connectivity index (χ2n) is 5.75. The Kier molecular flexibility index (Phi) is 7.76. The number of carbonyl (C=O) groups is 1. The highest BCUT2D eigenvalue weighted by atomic mass is 79.9. The number of nitrogens with one attached hydrogen (secondary N) is 1. The van der Waals surface area contributed by atoms with Crippen LogP contribution in [0.15, 0.2) is 33.6 Å². The summed E-state index contributed by atoms with van der Waals surface area (Å²) < 4.78 is 1.11. The molecule has 1 aromatic rings. The molecule has 1 saturated heterocycles. The highest BCUT2D eigenvalue weighted by Crippen LogP contribution is 2.28. The van der Waals surface area contributed by atoms with E-state index in [4.69, 9.17) is 0 Å². The minimum absolute atomic E-state index is 0.312. The topological polar surface area (TPSA) is 32.3 Å². The van der Waals surface area contributed by atoms with E-state index in [1.54, 1.807) is 11.8 Å². The van der Waals surface area contributed by atoms with Gasteiger partial charge in [-0.05, 0) is 66.8 Å². The maximum absolute atomic E-state index is 12.3. The van der Waals surface area contributed by atoms with E-state index in [0.29, 0.717) is 12.3 Å². The highest BCUT2D eigenvalue weighted by molar-refractivity contribution is 9.10. The fourth-order valence-electron chi connectivity index (χ4n) is 2.79. The molecule has 0 aromatic heterocycles. The molecule has 0 saturated carbocycles. The van der Waals surface area contributed by atoms with Gasteiger partial charge in [0.1, 0.15) is 0 Å². The molecule has 1 amide bonds. The van der Waals surface area contributed by atoms with Crippen molar-refractivity contribution in [1.82, 2.24) is 10.2 Å². The van der Waals surface area contributed by atoms with Gasteiger partial charge in [-0.3, -0.25) is 4.79 Å². The Balaban J connectivity index is 1.67. The average molecular weight is 385 g/mol. The van der Waals surface area contributed by atoms with Crippen molar-refractivity contribution in [2.75, 3.05) is 32.4 Å². The molecule has 5 heteroatoms. The maximum Gasteiger partial charge on any atom is 0.223 e. The van der Waals surface area contributed by atoms with Crippen molar-refractivity contribution in [3.63, 3.8) is 0 Å². The van der Waals surface area contributed by atoms with E-state index in [9.17, 15) is 4.79 Å². The summed E-state index contributed by atoms with van der Waals surface area (Å²) >= 11 is 5.29. The lowest BCUT2D eigenvalue weighted by Crippen LogP contribution is -2.39. The van der Waals surface area contributed by atoms with Crippen LogP contribution in [0, 0.1) is 5.92 Å². The van der Waals surface area contributed by atoms with Crippen LogP contribution in [0.1, 0.15) is 25.7 Å². The Morgan fingerprint density at radius 1 is 1.36 bits per heavy atom. The van der Waals surface area contributed by atoms with Crippen LogP contribution in [0.3, 0.4) is 0 Å². The van der Waals surface area contributed by atoms with Gasteiger partial charge in [0.2, 0.25) is 5.91 Å². The predicted octanol–water partition coefficient (Wildman–Crippen LogP) is 3.78. The van der Waals surface area contributed by atoms with E-state index >= 15 is 0 Å². The molecule has 1 aromatic carbocycles. The summed E-state index contributed by atoms with van der Waals surface area (Å²) in [7, 11) is 2.00. The number of nitrogens with zero attached hydrogens (tertiary/aromatic N) is 1. The number of piperidine rings is 1. The fraction of sp³-hybridized carbons (Fsp3) is 0.588. The quantitative estimate of drug-likeness (QED) is 0.725. The van der Waals surface area contributed by atoms with Gasteiger partial charge in [0.25, 0.3) is 0 Å². The second-order valence-corrected chi connectivity index (χ2v) is 7.74. The minimum Gasteiger partial charge on any atom is -0.343 e. The van der Waals surface area contributed by atoms with E-state index in [-0.39, 0.29) is 0 Å². The van der Waals surface area contributed by atoms with Gasteiger partial charge >= 0.3 is 0 Å². The normalized spacial score (nSPS) is 16.0. The molecule has 1 fully saturated rings. The molecule has 3 nitrogen and oxygen atoms in total. The van der Waals surface area contributed by atoms with Crippen LogP contribution in [0.25, 0.3) is 0 Å². The number of amides is 1. The average Bonchev–Trinajstić information content (AvgIpc) is 2.55. The van der Waals surface area contributed by atoms with E-state index in [0.717, 1.165) is 48.6 Å². The van der Waals surface area contributed by atoms with E-state index in [1.807, 2.05) is 25.2 Å². The van der Waals surface area contributed by atoms with Crippen LogP contribution in [-0.4, -0.2) is 43.2 Å². The molecule has 0 spiro atoms. The molecule has 1 heterocycles. The van der Waals surface area contributed by atoms with Crippen LogP contribution in [-0.2, 0) is 4.79 Å². The molecule has 0 aliphatic carbocycles. The van der Waals surface area contributed by atoms with Gasteiger partial charge in [0.15, 0.2) is 0 Å². The highest BCUT2D eigenvalue weighted by Gasteiger charge is 2.22. The molecular formula is C17H25BrN2OS. The number of thioether (sulfide) groups is 1. The summed E-state index contributed by atoms with van der Waals surface area (Å²) in [5.74, 6) is 1.94. The second kappa shape index (κ2) is 9.58. The van der Waals surface area contributed by atoms with Crippen molar-refractivity contribution in [3.8, 4) is 0 Å². The SMILES string of the molecule is CNCCC1CCN(C(=O)CCSc2ccccc2Br)CC1. The summed E-state index contributed by atoms with van der Waals surface area (Å²) in [5, 5.41) is 3.21. The van der Waals surface area contributed by atoms with Crippen molar-refractivity contribution in [2.24, 2.45) is 5.92 Å². The van der Waals surface area contributed by atoms with Crippen LogP contribution in [0.2, 0.25) is 0 Å². The smallest absolute Gasteiger partial charge is 0.223 e. The zero-order valence-electron chi connectivity index (χ0n) is 13.2. The van der Waals surface area contributed by atoms with Gasteiger partial charge in [-0.2, -0.15) is 0 Å². The van der Waals surface area contributed by atoms with E-state index in [2.05, 4.69) is 32.2 Å². The molecule has 0 unspecified atom stereocenters. The number of hydrogen-bond donors (Lipinski definition) is 1. The molecule has 22 heavy (non-hydrogen) atoms. The van der Waals surface area contributed by atoms with Gasteiger partial charge in [0, 0.05) is 34.6 Å². The Bertz CT molecular complexity index is 475. The van der Waals surface area contributed by atoms with E-state index in [1.165, 1.54) is 11.3 Å². The van der Waals surface area contributed by atoms with Crippen LogP contribution < -0.4 is 5.32 Å². The fourth-order valence-corrected chi connectivity index (χ4v) is 4.29. The number of halogens is 1. The zero-order chi connectivity index (χ0) is 15.8. The van der Waals surface area contributed by atoms with Crippen LogP contribution >= 0.6 is 27.7 Å². The minimum atomic E-state index is 0.312. The predicted molar refractivity (Wildman–Crippen MR) is 97.3 cm³/mol. The van der Waals surface area contributed by atoms with Gasteiger partial charge in [-0.1, -0.05) is 12.1 Å². The maximum atomic E-state index is 12.3. The molecule has 0 bridgehead atoms. The van der Waals surface area contributed by atoms with Crippen molar-refractivity contribution in [1.29, 1.82) is 0 Å². The van der Waals surface area contributed by atoms with Crippen molar-refractivity contribution >= 4 is 33.6 Å². The largest absolute Gasteiger partial charge is 0.343 e. The first kappa shape index (κ1) is 17.8. The standard InChI is InChI=1S/C17H25BrN2OS/c1-19-10-6-14-7-11-20(12-8-14)17(21)9-13-22-16-5-3-2-4-15(16)18/h2-5,14,19H,6-13H2,1H3. The number of hydrogen-bond acceptors (Lipinski definition) is 3. The van der Waals surface area contributed by atoms with Crippen LogP contribution in [0.5, 0.6) is 0 Å². The third kappa shape index (κ3) is 5.60. The first-order chi connectivity index (χ1) is 10.7. The Hall–Kier alpha value is -0.520. The lowest BCUT2D eigenvalue weighted by molar-refractivity contribution is -0.132. The van der Waals surface area contributed by atoms with Gasteiger partial charge in [-0.15, -0.1) is 11.8 Å². The summed E-state index contributed by atoms with van der Waals surface area (Å²) in [6.45, 7) is 2.96. The van der Waals surface area contributed by atoms with E-state index < -0.39 is 0 Å². The summed E-state index contributed by atoms with van der Waals surface area (Å²) in [6, 6.07) is 8.18. The molecule has 0 radical (unpaired) electrons. The first-order valence-corrected chi connectivity index (χ1v) is 9.78. The molecule has 1 N–H and O–H groups in total. The van der Waals surface area contributed by atoms with Crippen LogP contribution in [0.4, 0.5) is 0 Å². The molecule has 2 rings (SSSR count). The lowest BCUT2D eigenvalue weighted by atomic mass is 9.93. The summed E-state index contributed by atoms with van der Waals surface area (Å²) in [6.07, 6.45) is 4.18. The Labute approximate surface area is 146 Å². The summed E-state index contributed by atoms with van der Waals surface area (Å²) in [5.41, 5.74) is 0. The molecule has 1 aliphatic heterocycles. The van der Waals surface area contributed by atoms with Crippen molar-refractivity contribution in [3.05, 3.63) is 28.7 Å². The van der Waals surface area contributed by atoms with Gasteiger partial charge in [-0.25, -0.2) is 0 Å². The number of carbonyl (C=O) groups excluding carboxylic acids is 1. The Morgan fingerprint density at radius 3 is 2.77 bits per heavy atom. The zero-order valence-corrected chi connectivity index (χ0v) is 15.6. The third-order valence-corrected chi connectivity index (χ3v) is 6.21. The lowest BCUT2D eigenvalue weighted by Gasteiger charge is -2.32. The van der Waals surface area contributed by atoms with Crippen molar-refractivity contribution in [2.45, 2.75) is 30.6 Å². The number of likely N-dealkylation sites (tertiary alicyclic amines) is 1. The Morgan fingerprint density at radius 2 is 2.09 bits per heavy atom. The monoisotopic (exact) mass is 384 g/mol. The number of rotatable bonds is 7. The third-order valence-electron chi connectivity index (χ3n) is 4.18. The van der Waals surface area contributed by atoms with Gasteiger partial charge < -0.3 is 10.2 Å². The molecule has 122 valence electrons. The molecule has 1 aliphatic rings. The summed E-state index contributed by atoms with van der Waals surface area (Å²) in [4.78, 5) is 15.5. The van der Waals surface area contributed by atoms with Crippen molar-refractivity contribution < 1.29 is 4.79 Å². The first-order valence-electron chi connectivity index (χ1n) is 8.00.